The van der Waals surface area contributed by atoms with E-state index in [-0.39, 0.29) is 23.2 Å². The molecule has 0 aromatic heterocycles. The summed E-state index contributed by atoms with van der Waals surface area (Å²) in [6, 6.07) is 6.52. The Morgan fingerprint density at radius 2 is 1.77 bits per heavy atom. The van der Waals surface area contributed by atoms with Crippen molar-refractivity contribution in [3.8, 4) is 0 Å². The zero-order chi connectivity index (χ0) is 16.8. The van der Waals surface area contributed by atoms with Gasteiger partial charge in [-0.3, -0.25) is 4.79 Å². The summed E-state index contributed by atoms with van der Waals surface area (Å²) in [5, 5.41) is 9.38. The number of aliphatic hydroxyl groups is 1. The number of nitrogens with two attached hydrogens (primary N) is 1. The molecule has 2 rings (SSSR count). The molecule has 1 saturated carbocycles. The summed E-state index contributed by atoms with van der Waals surface area (Å²) in [5.74, 6) is -0.771. The molecule has 0 unspecified atom stereocenters. The van der Waals surface area contributed by atoms with E-state index in [4.69, 9.17) is 5.73 Å². The Labute approximate surface area is 130 Å². The van der Waals surface area contributed by atoms with Gasteiger partial charge in [0.1, 0.15) is 5.54 Å². The molecule has 122 valence electrons. The molecule has 1 amide bonds. The molecule has 1 aliphatic carbocycles. The number of hydrogen-bond acceptors (Lipinski definition) is 4. The second kappa shape index (κ2) is 5.33. The van der Waals surface area contributed by atoms with E-state index in [1.165, 1.54) is 12.1 Å². The van der Waals surface area contributed by atoms with Gasteiger partial charge in [-0.1, -0.05) is 32.9 Å². The minimum absolute atomic E-state index is 0.00163. The Kier molecular flexibility index (Phi) is 4.10. The average molecular weight is 326 g/mol. The van der Waals surface area contributed by atoms with E-state index in [9.17, 15) is 18.3 Å². The van der Waals surface area contributed by atoms with Crippen molar-refractivity contribution in [2.24, 2.45) is 5.73 Å². The van der Waals surface area contributed by atoms with E-state index < -0.39 is 27.6 Å². The number of nitrogens with one attached hydrogen (secondary N) is 1. The van der Waals surface area contributed by atoms with Crippen molar-refractivity contribution >= 4 is 15.9 Å². The van der Waals surface area contributed by atoms with Crippen LogP contribution in [-0.4, -0.2) is 31.1 Å². The van der Waals surface area contributed by atoms with Crippen LogP contribution in [0.25, 0.3) is 0 Å². The quantitative estimate of drug-likeness (QED) is 0.754. The van der Waals surface area contributed by atoms with Crippen LogP contribution in [0, 0.1) is 0 Å². The zero-order valence-corrected chi connectivity index (χ0v) is 13.8. The van der Waals surface area contributed by atoms with Gasteiger partial charge in [-0.25, -0.2) is 8.42 Å². The zero-order valence-electron chi connectivity index (χ0n) is 13.0. The molecule has 0 saturated heterocycles. The van der Waals surface area contributed by atoms with Gasteiger partial charge in [0, 0.05) is 12.8 Å². The Bertz CT molecular complexity index is 668. The molecule has 0 bridgehead atoms. The smallest absolute Gasteiger partial charge is 0.241 e. The van der Waals surface area contributed by atoms with E-state index in [0.29, 0.717) is 0 Å². The van der Waals surface area contributed by atoms with Gasteiger partial charge in [0.2, 0.25) is 15.9 Å². The molecule has 0 heterocycles. The van der Waals surface area contributed by atoms with Crippen LogP contribution < -0.4 is 10.5 Å². The number of amides is 1. The Balaban J connectivity index is 2.26. The first kappa shape index (κ1) is 16.9. The molecule has 0 radical (unpaired) electrons. The number of primary amides is 1. The molecule has 4 N–H and O–H groups in total. The van der Waals surface area contributed by atoms with Crippen molar-refractivity contribution in [2.75, 3.05) is 0 Å². The maximum atomic E-state index is 12.4. The predicted molar refractivity (Wildman–Crippen MR) is 82.6 cm³/mol. The van der Waals surface area contributed by atoms with E-state index >= 15 is 0 Å². The van der Waals surface area contributed by atoms with E-state index in [1.54, 1.807) is 12.1 Å². The molecule has 1 aromatic carbocycles. The summed E-state index contributed by atoms with van der Waals surface area (Å²) >= 11 is 0. The number of hydrogen-bond donors (Lipinski definition) is 3. The highest BCUT2D eigenvalue weighted by atomic mass is 32.2. The minimum atomic E-state index is -3.87. The first-order chi connectivity index (χ1) is 9.96. The van der Waals surface area contributed by atoms with E-state index in [0.717, 1.165) is 5.56 Å². The van der Waals surface area contributed by atoms with Crippen LogP contribution in [0.2, 0.25) is 0 Å². The predicted octanol–water partition coefficient (Wildman–Crippen LogP) is 0.641. The molecule has 0 spiro atoms. The number of benzene rings is 1. The lowest BCUT2D eigenvalue weighted by Gasteiger charge is -2.42. The highest BCUT2D eigenvalue weighted by Crippen LogP contribution is 2.34. The van der Waals surface area contributed by atoms with Gasteiger partial charge in [-0.15, -0.1) is 0 Å². The summed E-state index contributed by atoms with van der Waals surface area (Å²) in [4.78, 5) is 11.6. The van der Waals surface area contributed by atoms with Crippen molar-refractivity contribution in [3.63, 3.8) is 0 Å². The lowest BCUT2D eigenvalue weighted by atomic mass is 9.75. The monoisotopic (exact) mass is 326 g/mol. The average Bonchev–Trinajstić information content (AvgIpc) is 2.35. The number of sulfonamides is 1. The maximum Gasteiger partial charge on any atom is 0.241 e. The molecule has 6 nitrogen and oxygen atoms in total. The number of carbonyl (C=O) groups excluding carboxylic acids is 1. The Hall–Kier alpha value is -1.44. The number of carbonyl (C=O) groups is 1. The summed E-state index contributed by atoms with van der Waals surface area (Å²) in [6.45, 7) is 6.10. The molecule has 7 heteroatoms. The molecular formula is C15H22N2O4S. The number of rotatable bonds is 4. The normalized spacial score (nSPS) is 25.5. The summed E-state index contributed by atoms with van der Waals surface area (Å²) < 4.78 is 27.2. The Morgan fingerprint density at radius 3 is 2.14 bits per heavy atom. The fourth-order valence-electron chi connectivity index (χ4n) is 2.53. The lowest BCUT2D eigenvalue weighted by molar-refractivity contribution is -0.131. The lowest BCUT2D eigenvalue weighted by Crippen LogP contribution is -2.66. The van der Waals surface area contributed by atoms with Gasteiger partial charge in [-0.2, -0.15) is 4.72 Å². The molecule has 1 fully saturated rings. The van der Waals surface area contributed by atoms with Crippen LogP contribution in [0.1, 0.15) is 39.2 Å². The third kappa shape index (κ3) is 3.16. The third-order valence-corrected chi connectivity index (χ3v) is 5.55. The van der Waals surface area contributed by atoms with Gasteiger partial charge in [0.05, 0.1) is 11.0 Å². The topological polar surface area (TPSA) is 109 Å². The van der Waals surface area contributed by atoms with Crippen LogP contribution in [0.4, 0.5) is 0 Å². The highest BCUT2D eigenvalue weighted by molar-refractivity contribution is 7.89. The van der Waals surface area contributed by atoms with Crippen molar-refractivity contribution in [3.05, 3.63) is 29.8 Å². The van der Waals surface area contributed by atoms with Crippen molar-refractivity contribution < 1.29 is 18.3 Å². The van der Waals surface area contributed by atoms with E-state index in [2.05, 4.69) is 4.72 Å². The summed E-state index contributed by atoms with van der Waals surface area (Å²) in [6.07, 6.45) is -0.707. The second-order valence-electron chi connectivity index (χ2n) is 6.89. The van der Waals surface area contributed by atoms with Gasteiger partial charge in [0.15, 0.2) is 0 Å². The molecule has 22 heavy (non-hydrogen) atoms. The fraction of sp³-hybridized carbons (Fsp3) is 0.533. The minimum Gasteiger partial charge on any atom is -0.393 e. The van der Waals surface area contributed by atoms with Crippen molar-refractivity contribution in [1.29, 1.82) is 0 Å². The van der Waals surface area contributed by atoms with Crippen LogP contribution in [0.5, 0.6) is 0 Å². The third-order valence-electron chi connectivity index (χ3n) is 4.00. The SMILES string of the molecule is CC(C)(C)c1ccc(S(=O)(=O)NC2(C(N)=O)CC(O)C2)cc1. The van der Waals surface area contributed by atoms with Crippen molar-refractivity contribution in [2.45, 2.75) is 55.6 Å². The maximum absolute atomic E-state index is 12.4. The van der Waals surface area contributed by atoms with Crippen LogP contribution in [0.3, 0.4) is 0 Å². The van der Waals surface area contributed by atoms with Crippen molar-refractivity contribution in [1.82, 2.24) is 4.72 Å². The van der Waals surface area contributed by atoms with Gasteiger partial charge in [-0.05, 0) is 23.1 Å². The summed E-state index contributed by atoms with van der Waals surface area (Å²) in [5.41, 5.74) is 4.82. The summed E-state index contributed by atoms with van der Waals surface area (Å²) in [7, 11) is -3.87. The first-order valence-electron chi connectivity index (χ1n) is 7.09. The van der Waals surface area contributed by atoms with Crippen LogP contribution in [-0.2, 0) is 20.2 Å². The molecule has 0 aliphatic heterocycles. The second-order valence-corrected chi connectivity index (χ2v) is 8.57. The molecule has 1 aromatic rings. The number of aliphatic hydroxyl groups excluding tert-OH is 1. The molecule has 0 atom stereocenters. The molecular weight excluding hydrogens is 304 g/mol. The standard InChI is InChI=1S/C15H22N2O4S/c1-14(2,3)10-4-6-12(7-5-10)22(20,21)17-15(13(16)19)8-11(18)9-15/h4-7,11,17-18H,8-9H2,1-3H3,(H2,16,19). The Morgan fingerprint density at radius 1 is 1.27 bits per heavy atom. The van der Waals surface area contributed by atoms with Crippen LogP contribution >= 0.6 is 0 Å². The van der Waals surface area contributed by atoms with Crippen LogP contribution in [0.15, 0.2) is 29.2 Å². The van der Waals surface area contributed by atoms with Gasteiger partial charge < -0.3 is 10.8 Å². The first-order valence-corrected chi connectivity index (χ1v) is 8.57. The van der Waals surface area contributed by atoms with Gasteiger partial charge in [0.25, 0.3) is 0 Å². The highest BCUT2D eigenvalue weighted by Gasteiger charge is 2.51. The fourth-order valence-corrected chi connectivity index (χ4v) is 3.92. The molecule has 1 aliphatic rings. The van der Waals surface area contributed by atoms with E-state index in [1.807, 2.05) is 20.8 Å². The largest absolute Gasteiger partial charge is 0.393 e. The van der Waals surface area contributed by atoms with Gasteiger partial charge >= 0.3 is 0 Å².